The standard InChI is InChI=1S/C15H15NO5S/c17-14-6-7-15(18)21-16-9-8-12(10-13(16)20-14)22(19)11-4-2-1-3-5-11/h1-7,12-13H,8-10H2/b7-6-. The number of hydrogen-bond acceptors (Lipinski definition) is 6. The van der Waals surface area contributed by atoms with Gasteiger partial charge in [-0.2, -0.15) is 0 Å². The average Bonchev–Trinajstić information content (AvgIpc) is 2.53. The Morgan fingerprint density at radius 1 is 1.09 bits per heavy atom. The number of hydrogen-bond donors (Lipinski definition) is 0. The number of fused-ring (bicyclic) bond motifs is 1. The molecule has 3 rings (SSSR count). The van der Waals surface area contributed by atoms with E-state index in [0.29, 0.717) is 19.4 Å². The van der Waals surface area contributed by atoms with Gasteiger partial charge in [0.1, 0.15) is 0 Å². The summed E-state index contributed by atoms with van der Waals surface area (Å²) in [5, 5.41) is 1.20. The molecule has 0 aromatic heterocycles. The molecule has 1 saturated heterocycles. The Labute approximate surface area is 130 Å². The summed E-state index contributed by atoms with van der Waals surface area (Å²) in [5.41, 5.74) is 0. The average molecular weight is 321 g/mol. The quantitative estimate of drug-likeness (QED) is 0.761. The van der Waals surface area contributed by atoms with Crippen LogP contribution in [0.25, 0.3) is 0 Å². The van der Waals surface area contributed by atoms with Gasteiger partial charge in [-0.15, -0.1) is 0 Å². The molecule has 0 aliphatic carbocycles. The second kappa shape index (κ2) is 6.41. The molecule has 0 saturated carbocycles. The zero-order valence-electron chi connectivity index (χ0n) is 11.7. The molecule has 7 heteroatoms. The third-order valence-corrected chi connectivity index (χ3v) is 5.32. The van der Waals surface area contributed by atoms with E-state index in [2.05, 4.69) is 0 Å². The van der Waals surface area contributed by atoms with Gasteiger partial charge >= 0.3 is 11.9 Å². The SMILES string of the molecule is O=C1/C=C\C(=O)ON2CCC(S(=O)c3ccccc3)CC2O1. The zero-order chi connectivity index (χ0) is 15.5. The van der Waals surface area contributed by atoms with Crippen molar-refractivity contribution in [2.75, 3.05) is 6.54 Å². The molecule has 3 atom stereocenters. The van der Waals surface area contributed by atoms with Crippen molar-refractivity contribution in [2.45, 2.75) is 29.2 Å². The summed E-state index contributed by atoms with van der Waals surface area (Å²) in [6, 6.07) is 9.17. The van der Waals surface area contributed by atoms with Gasteiger partial charge in [0.25, 0.3) is 0 Å². The van der Waals surface area contributed by atoms with Gasteiger partial charge in [-0.25, -0.2) is 9.59 Å². The van der Waals surface area contributed by atoms with E-state index in [0.717, 1.165) is 17.0 Å². The molecule has 0 bridgehead atoms. The van der Waals surface area contributed by atoms with Crippen LogP contribution < -0.4 is 0 Å². The van der Waals surface area contributed by atoms with Crippen LogP contribution >= 0.6 is 0 Å². The predicted octanol–water partition coefficient (Wildman–Crippen LogP) is 1.16. The summed E-state index contributed by atoms with van der Waals surface area (Å²) in [7, 11) is -1.19. The number of nitrogens with zero attached hydrogens (tertiary/aromatic N) is 1. The van der Waals surface area contributed by atoms with Crippen LogP contribution in [-0.2, 0) is 30.0 Å². The molecule has 2 aliphatic rings. The molecule has 0 N–H and O–H groups in total. The van der Waals surface area contributed by atoms with Gasteiger partial charge in [-0.1, -0.05) is 23.3 Å². The maximum absolute atomic E-state index is 12.6. The maximum atomic E-state index is 12.6. The summed E-state index contributed by atoms with van der Waals surface area (Å²) in [4.78, 5) is 28.9. The highest BCUT2D eigenvalue weighted by Crippen LogP contribution is 2.26. The molecule has 2 aliphatic heterocycles. The number of rotatable bonds is 2. The summed E-state index contributed by atoms with van der Waals surface area (Å²) in [6.45, 7) is 0.376. The number of esters is 1. The van der Waals surface area contributed by atoms with Crippen LogP contribution in [0.1, 0.15) is 12.8 Å². The van der Waals surface area contributed by atoms with E-state index >= 15 is 0 Å². The van der Waals surface area contributed by atoms with E-state index in [4.69, 9.17) is 9.57 Å². The van der Waals surface area contributed by atoms with E-state index in [1.54, 1.807) is 0 Å². The van der Waals surface area contributed by atoms with Crippen molar-refractivity contribution in [1.82, 2.24) is 5.06 Å². The molecule has 0 spiro atoms. The van der Waals surface area contributed by atoms with Crippen molar-refractivity contribution in [3.63, 3.8) is 0 Å². The lowest BCUT2D eigenvalue weighted by Gasteiger charge is -2.36. The molecule has 0 radical (unpaired) electrons. The highest BCUT2D eigenvalue weighted by atomic mass is 32.2. The number of carbonyl (C=O) groups excluding carboxylic acids is 2. The first-order chi connectivity index (χ1) is 10.6. The monoisotopic (exact) mass is 321 g/mol. The normalized spacial score (nSPS) is 28.5. The Bertz CT molecular complexity index is 630. The molecule has 3 unspecified atom stereocenters. The number of ether oxygens (including phenoxy) is 1. The van der Waals surface area contributed by atoms with Crippen LogP contribution in [0.3, 0.4) is 0 Å². The van der Waals surface area contributed by atoms with E-state index in [1.165, 1.54) is 5.06 Å². The molecule has 1 aromatic rings. The minimum Gasteiger partial charge on any atom is -0.440 e. The first kappa shape index (κ1) is 14.9. The van der Waals surface area contributed by atoms with Crippen LogP contribution in [0.4, 0.5) is 0 Å². The van der Waals surface area contributed by atoms with Crippen molar-refractivity contribution >= 4 is 22.7 Å². The minimum atomic E-state index is -1.19. The Morgan fingerprint density at radius 3 is 2.59 bits per heavy atom. The molecule has 22 heavy (non-hydrogen) atoms. The molecule has 2 heterocycles. The smallest absolute Gasteiger partial charge is 0.350 e. The lowest BCUT2D eigenvalue weighted by atomic mass is 10.1. The van der Waals surface area contributed by atoms with Gasteiger partial charge in [0.15, 0.2) is 6.23 Å². The van der Waals surface area contributed by atoms with Crippen LogP contribution in [0.15, 0.2) is 47.4 Å². The van der Waals surface area contributed by atoms with Gasteiger partial charge in [0.05, 0.1) is 10.8 Å². The highest BCUT2D eigenvalue weighted by Gasteiger charge is 2.37. The Balaban J connectivity index is 1.74. The number of hydroxylamine groups is 2. The summed E-state index contributed by atoms with van der Waals surface area (Å²) < 4.78 is 17.9. The largest absolute Gasteiger partial charge is 0.440 e. The third kappa shape index (κ3) is 3.26. The third-order valence-electron chi connectivity index (χ3n) is 3.55. The summed E-state index contributed by atoms with van der Waals surface area (Å²) >= 11 is 0. The van der Waals surface area contributed by atoms with Gasteiger partial charge in [0, 0.05) is 35.3 Å². The van der Waals surface area contributed by atoms with Crippen molar-refractivity contribution in [1.29, 1.82) is 0 Å². The van der Waals surface area contributed by atoms with Crippen molar-refractivity contribution < 1.29 is 23.4 Å². The second-order valence-corrected chi connectivity index (χ2v) is 6.77. The van der Waals surface area contributed by atoms with E-state index in [-0.39, 0.29) is 5.25 Å². The molecule has 116 valence electrons. The Kier molecular flexibility index (Phi) is 4.35. The van der Waals surface area contributed by atoms with Crippen LogP contribution in [0, 0.1) is 0 Å². The van der Waals surface area contributed by atoms with Crippen LogP contribution in [0.5, 0.6) is 0 Å². The maximum Gasteiger partial charge on any atom is 0.350 e. The van der Waals surface area contributed by atoms with Gasteiger partial charge < -0.3 is 9.57 Å². The predicted molar refractivity (Wildman–Crippen MR) is 77.7 cm³/mol. The minimum absolute atomic E-state index is 0.154. The van der Waals surface area contributed by atoms with E-state index in [1.807, 2.05) is 30.3 Å². The van der Waals surface area contributed by atoms with Crippen molar-refractivity contribution in [3.8, 4) is 0 Å². The van der Waals surface area contributed by atoms with Gasteiger partial charge in [-0.05, 0) is 18.6 Å². The fourth-order valence-corrected chi connectivity index (χ4v) is 3.95. The summed E-state index contributed by atoms with van der Waals surface area (Å²) in [6.07, 6.45) is 2.32. The Hall–Kier alpha value is -1.99. The lowest BCUT2D eigenvalue weighted by molar-refractivity contribution is -0.246. The zero-order valence-corrected chi connectivity index (χ0v) is 12.5. The van der Waals surface area contributed by atoms with Crippen LogP contribution in [0.2, 0.25) is 0 Å². The van der Waals surface area contributed by atoms with Gasteiger partial charge in [0.2, 0.25) is 0 Å². The van der Waals surface area contributed by atoms with E-state index < -0.39 is 29.0 Å². The van der Waals surface area contributed by atoms with Crippen molar-refractivity contribution in [2.24, 2.45) is 0 Å². The summed E-state index contributed by atoms with van der Waals surface area (Å²) in [5.74, 6) is -1.21. The van der Waals surface area contributed by atoms with Crippen LogP contribution in [-0.4, -0.2) is 39.2 Å². The molecule has 1 fully saturated rings. The van der Waals surface area contributed by atoms with Gasteiger partial charge in [-0.3, -0.25) is 4.21 Å². The topological polar surface area (TPSA) is 72.9 Å². The molecule has 0 amide bonds. The second-order valence-electron chi connectivity index (χ2n) is 5.03. The fraction of sp³-hybridized carbons (Fsp3) is 0.333. The first-order valence-corrected chi connectivity index (χ1v) is 8.17. The number of piperidine rings is 1. The first-order valence-electron chi connectivity index (χ1n) is 6.96. The molecular formula is C15H15NO5S. The van der Waals surface area contributed by atoms with Crippen molar-refractivity contribution in [3.05, 3.63) is 42.5 Å². The fourth-order valence-electron chi connectivity index (χ4n) is 2.48. The number of carbonyl (C=O) groups is 2. The molecular weight excluding hydrogens is 306 g/mol. The highest BCUT2D eigenvalue weighted by molar-refractivity contribution is 7.85. The van der Waals surface area contributed by atoms with E-state index in [9.17, 15) is 13.8 Å². The Morgan fingerprint density at radius 2 is 1.82 bits per heavy atom. The lowest BCUT2D eigenvalue weighted by Crippen LogP contribution is -2.48. The molecule has 6 nitrogen and oxygen atoms in total. The molecule has 1 aromatic carbocycles. The number of benzene rings is 1.